The van der Waals surface area contributed by atoms with Gasteiger partial charge in [-0.05, 0) is 44.0 Å². The Hall–Kier alpha value is -3.28. The first-order valence-electron chi connectivity index (χ1n) is 8.46. The fourth-order valence-electron chi connectivity index (χ4n) is 2.64. The molecule has 26 heavy (non-hydrogen) atoms. The van der Waals surface area contributed by atoms with Gasteiger partial charge in [-0.1, -0.05) is 29.4 Å². The first kappa shape index (κ1) is 16.2. The summed E-state index contributed by atoms with van der Waals surface area (Å²) in [6.45, 7) is 1.49. The van der Waals surface area contributed by atoms with Gasteiger partial charge in [-0.2, -0.15) is 4.98 Å². The van der Waals surface area contributed by atoms with Crippen LogP contribution in [0.5, 0.6) is 0 Å². The highest BCUT2D eigenvalue weighted by molar-refractivity contribution is 6.05. The number of hydrogen-bond acceptors (Lipinski definition) is 5. The van der Waals surface area contributed by atoms with Crippen LogP contribution in [-0.4, -0.2) is 21.8 Å². The van der Waals surface area contributed by atoms with Crippen molar-refractivity contribution in [3.63, 3.8) is 0 Å². The summed E-state index contributed by atoms with van der Waals surface area (Å²) < 4.78 is 5.26. The lowest BCUT2D eigenvalue weighted by Gasteiger charge is -2.07. The van der Waals surface area contributed by atoms with E-state index in [1.807, 2.05) is 0 Å². The van der Waals surface area contributed by atoms with Crippen LogP contribution >= 0.6 is 0 Å². The first-order valence-corrected chi connectivity index (χ1v) is 8.46. The summed E-state index contributed by atoms with van der Waals surface area (Å²) >= 11 is 0. The number of anilines is 1. The van der Waals surface area contributed by atoms with Gasteiger partial charge in [0.25, 0.3) is 5.91 Å². The van der Waals surface area contributed by atoms with Crippen LogP contribution in [0.2, 0.25) is 0 Å². The van der Waals surface area contributed by atoms with E-state index in [4.69, 9.17) is 4.52 Å². The molecule has 3 aromatic rings. The van der Waals surface area contributed by atoms with Gasteiger partial charge in [0.1, 0.15) is 0 Å². The number of ketones is 1. The Bertz CT molecular complexity index is 972. The summed E-state index contributed by atoms with van der Waals surface area (Å²) in [5, 5.41) is 6.80. The van der Waals surface area contributed by atoms with Crippen LogP contribution < -0.4 is 5.32 Å². The van der Waals surface area contributed by atoms with E-state index < -0.39 is 0 Å². The predicted molar refractivity (Wildman–Crippen MR) is 96.1 cm³/mol. The fourth-order valence-corrected chi connectivity index (χ4v) is 2.64. The highest BCUT2D eigenvalue weighted by Gasteiger charge is 2.29. The lowest BCUT2D eigenvalue weighted by Crippen LogP contribution is -2.12. The number of Topliss-reactive ketones (excluding diaryl/α,β-unsaturated/α-hetero) is 1. The molecule has 1 fully saturated rings. The fraction of sp³-hybridized carbons (Fsp3) is 0.200. The van der Waals surface area contributed by atoms with Crippen LogP contribution in [0.1, 0.15) is 52.3 Å². The second-order valence-electron chi connectivity index (χ2n) is 6.40. The van der Waals surface area contributed by atoms with Crippen LogP contribution in [0, 0.1) is 0 Å². The SMILES string of the molecule is CC(=O)c1cccc(NC(=O)c2ccc(-c3noc(C4CC4)n3)cc2)c1. The van der Waals surface area contributed by atoms with E-state index in [1.54, 1.807) is 48.5 Å². The Morgan fingerprint density at radius 3 is 2.54 bits per heavy atom. The number of benzene rings is 2. The van der Waals surface area contributed by atoms with Crippen molar-refractivity contribution in [2.24, 2.45) is 0 Å². The molecule has 0 radical (unpaired) electrons. The number of carbonyl (C=O) groups is 2. The maximum atomic E-state index is 12.4. The molecule has 1 aromatic heterocycles. The zero-order valence-corrected chi connectivity index (χ0v) is 14.2. The molecule has 6 heteroatoms. The average molecular weight is 347 g/mol. The van der Waals surface area contributed by atoms with Gasteiger partial charge in [-0.3, -0.25) is 9.59 Å². The molecule has 0 aliphatic heterocycles. The van der Waals surface area contributed by atoms with E-state index in [9.17, 15) is 9.59 Å². The normalized spacial score (nSPS) is 13.4. The standard InChI is InChI=1S/C20H17N3O3/c1-12(24)16-3-2-4-17(11-16)21-19(25)14-7-5-13(6-8-14)18-22-20(26-23-18)15-9-10-15/h2-8,11,15H,9-10H2,1H3,(H,21,25). The molecule has 6 nitrogen and oxygen atoms in total. The maximum absolute atomic E-state index is 12.4. The Morgan fingerprint density at radius 1 is 1.08 bits per heavy atom. The third-order valence-corrected chi connectivity index (χ3v) is 4.30. The number of aromatic nitrogens is 2. The Kier molecular flexibility index (Phi) is 4.08. The molecule has 1 aliphatic rings. The van der Waals surface area contributed by atoms with E-state index in [2.05, 4.69) is 15.5 Å². The minimum absolute atomic E-state index is 0.0452. The van der Waals surface area contributed by atoms with Crippen LogP contribution in [0.3, 0.4) is 0 Å². The second kappa shape index (κ2) is 6.55. The number of nitrogens with one attached hydrogen (secondary N) is 1. The summed E-state index contributed by atoms with van der Waals surface area (Å²) in [4.78, 5) is 28.2. The highest BCUT2D eigenvalue weighted by atomic mass is 16.5. The molecule has 0 atom stereocenters. The smallest absolute Gasteiger partial charge is 0.255 e. The van der Waals surface area contributed by atoms with Crippen molar-refractivity contribution in [1.82, 2.24) is 10.1 Å². The minimum atomic E-state index is -0.246. The van der Waals surface area contributed by atoms with E-state index in [1.165, 1.54) is 6.92 Å². The zero-order valence-electron chi connectivity index (χ0n) is 14.2. The van der Waals surface area contributed by atoms with Crippen molar-refractivity contribution >= 4 is 17.4 Å². The summed E-state index contributed by atoms with van der Waals surface area (Å²) in [7, 11) is 0. The molecular formula is C20H17N3O3. The molecular weight excluding hydrogens is 330 g/mol. The molecule has 1 heterocycles. The Labute approximate surface area is 150 Å². The van der Waals surface area contributed by atoms with Crippen molar-refractivity contribution in [3.05, 3.63) is 65.5 Å². The van der Waals surface area contributed by atoms with Gasteiger partial charge in [0.2, 0.25) is 11.7 Å². The molecule has 1 saturated carbocycles. The van der Waals surface area contributed by atoms with Crippen molar-refractivity contribution in [1.29, 1.82) is 0 Å². The molecule has 1 amide bonds. The van der Waals surface area contributed by atoms with Gasteiger partial charge >= 0.3 is 0 Å². The van der Waals surface area contributed by atoms with E-state index in [-0.39, 0.29) is 11.7 Å². The molecule has 1 N–H and O–H groups in total. The van der Waals surface area contributed by atoms with Gasteiger partial charge in [-0.15, -0.1) is 0 Å². The third-order valence-electron chi connectivity index (χ3n) is 4.30. The first-order chi connectivity index (χ1) is 12.6. The summed E-state index contributed by atoms with van der Waals surface area (Å²) in [6.07, 6.45) is 2.21. The quantitative estimate of drug-likeness (QED) is 0.703. The molecule has 0 unspecified atom stereocenters. The van der Waals surface area contributed by atoms with Crippen LogP contribution in [0.25, 0.3) is 11.4 Å². The van der Waals surface area contributed by atoms with Crippen LogP contribution in [0.4, 0.5) is 5.69 Å². The van der Waals surface area contributed by atoms with Gasteiger partial charge in [0.05, 0.1) is 0 Å². The number of rotatable bonds is 5. The van der Waals surface area contributed by atoms with E-state index in [0.29, 0.717) is 34.4 Å². The van der Waals surface area contributed by atoms with Crippen LogP contribution in [0.15, 0.2) is 53.1 Å². The third kappa shape index (κ3) is 3.39. The van der Waals surface area contributed by atoms with Gasteiger partial charge in [0, 0.05) is 28.3 Å². The Balaban J connectivity index is 1.48. The average Bonchev–Trinajstić information content (AvgIpc) is 3.39. The highest BCUT2D eigenvalue weighted by Crippen LogP contribution is 2.39. The predicted octanol–water partition coefficient (Wildman–Crippen LogP) is 4.07. The zero-order chi connectivity index (χ0) is 18.1. The molecule has 0 saturated heterocycles. The molecule has 4 rings (SSSR count). The summed E-state index contributed by atoms with van der Waals surface area (Å²) in [5.74, 6) is 1.34. The number of amides is 1. The maximum Gasteiger partial charge on any atom is 0.255 e. The topological polar surface area (TPSA) is 85.1 Å². The van der Waals surface area contributed by atoms with E-state index in [0.717, 1.165) is 18.4 Å². The monoisotopic (exact) mass is 347 g/mol. The van der Waals surface area contributed by atoms with Gasteiger partial charge in [-0.25, -0.2) is 0 Å². The molecule has 0 bridgehead atoms. The van der Waals surface area contributed by atoms with Crippen LogP contribution in [-0.2, 0) is 0 Å². The van der Waals surface area contributed by atoms with Crippen molar-refractivity contribution < 1.29 is 14.1 Å². The molecule has 0 spiro atoms. The van der Waals surface area contributed by atoms with Crippen molar-refractivity contribution in [3.8, 4) is 11.4 Å². The number of hydrogen-bond donors (Lipinski definition) is 1. The number of carbonyl (C=O) groups excluding carboxylic acids is 2. The van der Waals surface area contributed by atoms with Gasteiger partial charge in [0.15, 0.2) is 5.78 Å². The molecule has 1 aliphatic carbocycles. The van der Waals surface area contributed by atoms with E-state index >= 15 is 0 Å². The summed E-state index contributed by atoms with van der Waals surface area (Å²) in [6, 6.07) is 13.9. The molecule has 130 valence electrons. The molecule has 2 aromatic carbocycles. The van der Waals surface area contributed by atoms with Gasteiger partial charge < -0.3 is 9.84 Å². The van der Waals surface area contributed by atoms with Crippen molar-refractivity contribution in [2.45, 2.75) is 25.7 Å². The van der Waals surface area contributed by atoms with Crippen molar-refractivity contribution in [2.75, 3.05) is 5.32 Å². The number of nitrogens with zero attached hydrogens (tertiary/aromatic N) is 2. The largest absolute Gasteiger partial charge is 0.339 e. The lowest BCUT2D eigenvalue weighted by atomic mass is 10.1. The Morgan fingerprint density at radius 2 is 1.85 bits per heavy atom. The lowest BCUT2D eigenvalue weighted by molar-refractivity contribution is 0.101. The summed E-state index contributed by atoms with van der Waals surface area (Å²) in [5.41, 5.74) is 2.45. The second-order valence-corrected chi connectivity index (χ2v) is 6.40. The minimum Gasteiger partial charge on any atom is -0.339 e.